The van der Waals surface area contributed by atoms with E-state index in [0.29, 0.717) is 24.5 Å². The molecule has 1 aromatic heterocycles. The molecule has 1 saturated heterocycles. The molecule has 0 bridgehead atoms. The molecule has 4 N–H and O–H groups in total. The van der Waals surface area contributed by atoms with Crippen molar-refractivity contribution < 1.29 is 14.3 Å². The third kappa shape index (κ3) is 6.71. The van der Waals surface area contributed by atoms with E-state index < -0.39 is 12.3 Å². The van der Waals surface area contributed by atoms with Gasteiger partial charge in [-0.15, -0.1) is 0 Å². The maximum Gasteiger partial charge on any atom is 0.324 e. The lowest BCUT2D eigenvalue weighted by Crippen LogP contribution is -2.53. The predicted octanol–water partition coefficient (Wildman–Crippen LogP) is 4.35. The quantitative estimate of drug-likeness (QED) is 0.442. The Morgan fingerprint density at radius 3 is 2.58 bits per heavy atom. The predicted molar refractivity (Wildman–Crippen MR) is 129 cm³/mol. The van der Waals surface area contributed by atoms with Crippen molar-refractivity contribution in [1.82, 2.24) is 20.4 Å². The molecule has 1 aliphatic heterocycles. The molecule has 2 unspecified atom stereocenters. The van der Waals surface area contributed by atoms with E-state index in [0.717, 1.165) is 30.7 Å². The van der Waals surface area contributed by atoms with Gasteiger partial charge >= 0.3 is 6.03 Å². The summed E-state index contributed by atoms with van der Waals surface area (Å²) in [7, 11) is 0. The number of nitrogens with one attached hydrogen (secondary N) is 4. The molecule has 1 aliphatic rings. The Labute approximate surface area is 195 Å². The second-order valence-corrected chi connectivity index (χ2v) is 9.36. The van der Waals surface area contributed by atoms with Gasteiger partial charge in [0.1, 0.15) is 11.6 Å². The van der Waals surface area contributed by atoms with Crippen molar-refractivity contribution in [3.8, 4) is 5.75 Å². The van der Waals surface area contributed by atoms with Gasteiger partial charge in [0.2, 0.25) is 5.91 Å². The first-order valence-electron chi connectivity index (χ1n) is 11.7. The molecule has 9 nitrogen and oxygen atoms in total. The molecule has 2 heterocycles. The van der Waals surface area contributed by atoms with Crippen molar-refractivity contribution in [3.05, 3.63) is 36.0 Å². The fourth-order valence-electron chi connectivity index (χ4n) is 3.45. The number of benzene rings is 1. The minimum Gasteiger partial charge on any atom is -0.494 e. The van der Waals surface area contributed by atoms with Crippen molar-refractivity contribution in [1.29, 1.82) is 0 Å². The van der Waals surface area contributed by atoms with E-state index in [2.05, 4.69) is 49.0 Å². The lowest BCUT2D eigenvalue weighted by molar-refractivity contribution is -0.125. The van der Waals surface area contributed by atoms with E-state index in [1.54, 1.807) is 16.8 Å². The van der Waals surface area contributed by atoms with Crippen LogP contribution in [-0.2, 0) is 10.2 Å². The number of hydrogen-bond donors (Lipinski definition) is 4. The van der Waals surface area contributed by atoms with Crippen LogP contribution >= 0.6 is 0 Å². The van der Waals surface area contributed by atoms with Crippen LogP contribution in [0, 0.1) is 0 Å². The van der Waals surface area contributed by atoms with Gasteiger partial charge in [0, 0.05) is 29.6 Å². The fraction of sp³-hybridized carbons (Fsp3) is 0.542. The number of unbranched alkanes of at least 4 members (excludes halogenated alkanes) is 1. The summed E-state index contributed by atoms with van der Waals surface area (Å²) < 4.78 is 7.29. The molecule has 33 heavy (non-hydrogen) atoms. The topological polar surface area (TPSA) is 109 Å². The van der Waals surface area contributed by atoms with Gasteiger partial charge in [-0.1, -0.05) is 41.0 Å². The minimum atomic E-state index is -0.540. The molecule has 1 fully saturated rings. The summed E-state index contributed by atoms with van der Waals surface area (Å²) in [6.45, 7) is 11.0. The van der Waals surface area contributed by atoms with E-state index >= 15 is 0 Å². The van der Waals surface area contributed by atoms with Gasteiger partial charge in [0.25, 0.3) is 0 Å². The minimum absolute atomic E-state index is 0.0462. The zero-order chi connectivity index (χ0) is 24.0. The highest BCUT2D eigenvalue weighted by molar-refractivity contribution is 5.99. The molecule has 0 spiro atoms. The van der Waals surface area contributed by atoms with Crippen molar-refractivity contribution >= 4 is 23.4 Å². The molecule has 0 aliphatic carbocycles. The number of hydrogen-bond acceptors (Lipinski definition) is 5. The lowest BCUT2D eigenvalue weighted by Gasteiger charge is -2.32. The number of aromatic nitrogens is 2. The second-order valence-electron chi connectivity index (χ2n) is 9.36. The molecule has 0 radical (unpaired) electrons. The SMILES string of the molecule is CCCCOc1ccc(NC(=O)Nc2cc(C(C)(C)C)nn2C2NC(=O)CC(CC)N2)cc1. The van der Waals surface area contributed by atoms with Crippen LogP contribution in [0.2, 0.25) is 0 Å². The summed E-state index contributed by atoms with van der Waals surface area (Å²) >= 11 is 0. The molecular weight excluding hydrogens is 420 g/mol. The van der Waals surface area contributed by atoms with Crippen LogP contribution in [0.3, 0.4) is 0 Å². The average molecular weight is 457 g/mol. The first kappa shape index (κ1) is 24.6. The van der Waals surface area contributed by atoms with Gasteiger partial charge in [-0.3, -0.25) is 15.4 Å². The summed E-state index contributed by atoms with van der Waals surface area (Å²) in [5.74, 6) is 1.22. The van der Waals surface area contributed by atoms with Crippen LogP contribution in [0.4, 0.5) is 16.3 Å². The van der Waals surface area contributed by atoms with Gasteiger partial charge in [0.15, 0.2) is 6.29 Å². The van der Waals surface area contributed by atoms with Gasteiger partial charge in [-0.25, -0.2) is 9.48 Å². The summed E-state index contributed by atoms with van der Waals surface area (Å²) in [5.41, 5.74) is 1.22. The first-order chi connectivity index (χ1) is 15.7. The number of carbonyl (C=O) groups excluding carboxylic acids is 2. The van der Waals surface area contributed by atoms with E-state index in [-0.39, 0.29) is 17.4 Å². The Bertz CT molecular complexity index is 948. The molecule has 0 saturated carbocycles. The normalized spacial score (nSPS) is 18.5. The highest BCUT2D eigenvalue weighted by atomic mass is 16.5. The van der Waals surface area contributed by atoms with Gasteiger partial charge in [-0.05, 0) is 37.1 Å². The van der Waals surface area contributed by atoms with Crippen LogP contribution in [-0.4, -0.2) is 34.4 Å². The van der Waals surface area contributed by atoms with Crippen LogP contribution in [0.15, 0.2) is 30.3 Å². The van der Waals surface area contributed by atoms with Crippen molar-refractivity contribution in [2.75, 3.05) is 17.2 Å². The highest BCUT2D eigenvalue weighted by Crippen LogP contribution is 2.26. The van der Waals surface area contributed by atoms with E-state index in [1.807, 2.05) is 25.1 Å². The number of rotatable bonds is 8. The second kappa shape index (κ2) is 10.7. The fourth-order valence-corrected chi connectivity index (χ4v) is 3.45. The standard InChI is InChI=1S/C24H36N6O3/c1-6-8-13-33-18-11-9-17(10-12-18)26-23(32)27-20-15-19(24(3,4)5)29-30(20)22-25-16(7-2)14-21(31)28-22/h9-12,15-16,22,25H,6-8,13-14H2,1-5H3,(H,28,31)(H2,26,27,32). The van der Waals surface area contributed by atoms with Crippen LogP contribution < -0.4 is 26.0 Å². The van der Waals surface area contributed by atoms with Gasteiger partial charge in [-0.2, -0.15) is 5.10 Å². The van der Waals surface area contributed by atoms with E-state index in [4.69, 9.17) is 9.84 Å². The zero-order valence-electron chi connectivity index (χ0n) is 20.2. The van der Waals surface area contributed by atoms with E-state index in [9.17, 15) is 9.59 Å². The summed E-state index contributed by atoms with van der Waals surface area (Å²) in [6, 6.07) is 8.75. The average Bonchev–Trinajstić information content (AvgIpc) is 3.19. The number of amides is 3. The molecule has 3 amide bonds. The molecule has 2 atom stereocenters. The number of ether oxygens (including phenoxy) is 1. The van der Waals surface area contributed by atoms with Crippen molar-refractivity contribution in [2.45, 2.75) is 78.0 Å². The van der Waals surface area contributed by atoms with E-state index in [1.165, 1.54) is 0 Å². The van der Waals surface area contributed by atoms with Gasteiger partial charge < -0.3 is 15.4 Å². The zero-order valence-corrected chi connectivity index (χ0v) is 20.2. The third-order valence-electron chi connectivity index (χ3n) is 5.48. The highest BCUT2D eigenvalue weighted by Gasteiger charge is 2.30. The Kier molecular flexibility index (Phi) is 7.97. The maximum atomic E-state index is 12.8. The van der Waals surface area contributed by atoms with Crippen LogP contribution in [0.5, 0.6) is 5.75 Å². The molecule has 2 aromatic rings. The monoisotopic (exact) mass is 456 g/mol. The number of anilines is 2. The summed E-state index contributed by atoms with van der Waals surface area (Å²) in [5, 5.41) is 16.7. The Morgan fingerprint density at radius 2 is 1.94 bits per heavy atom. The van der Waals surface area contributed by atoms with Gasteiger partial charge in [0.05, 0.1) is 12.3 Å². The largest absolute Gasteiger partial charge is 0.494 e. The molecular formula is C24H36N6O3. The Hall–Kier alpha value is -3.07. The Morgan fingerprint density at radius 1 is 1.21 bits per heavy atom. The van der Waals surface area contributed by atoms with Crippen LogP contribution in [0.25, 0.3) is 0 Å². The van der Waals surface area contributed by atoms with Crippen LogP contribution in [0.1, 0.15) is 72.3 Å². The Balaban J connectivity index is 1.73. The number of nitrogens with zero attached hydrogens (tertiary/aromatic N) is 2. The summed E-state index contributed by atoms with van der Waals surface area (Å²) in [4.78, 5) is 25.0. The smallest absolute Gasteiger partial charge is 0.324 e. The molecule has 3 rings (SSSR count). The van der Waals surface area contributed by atoms with Crippen molar-refractivity contribution in [3.63, 3.8) is 0 Å². The lowest BCUT2D eigenvalue weighted by atomic mass is 9.92. The molecule has 9 heteroatoms. The first-order valence-corrected chi connectivity index (χ1v) is 11.7. The maximum absolute atomic E-state index is 12.8. The van der Waals surface area contributed by atoms with Crippen molar-refractivity contribution in [2.24, 2.45) is 0 Å². The molecule has 180 valence electrons. The summed E-state index contributed by atoms with van der Waals surface area (Å²) in [6.07, 6.45) is 2.77. The number of carbonyl (C=O) groups is 2. The number of urea groups is 1. The third-order valence-corrected chi connectivity index (χ3v) is 5.48. The molecule has 1 aromatic carbocycles.